The minimum Gasteiger partial charge on any atom is -0.351 e. The van der Waals surface area contributed by atoms with Crippen molar-refractivity contribution < 1.29 is 4.39 Å². The molecule has 3 nitrogen and oxygen atoms in total. The molecule has 80 valence electrons. The Hall–Kier alpha value is -1.68. The van der Waals surface area contributed by atoms with Crippen LogP contribution in [0, 0.1) is 12.7 Å². The van der Waals surface area contributed by atoms with E-state index in [-0.39, 0.29) is 5.82 Å². The minimum atomic E-state index is -0.291. The molecule has 2 aromatic heterocycles. The molecule has 1 N–H and O–H groups in total. The second kappa shape index (κ2) is 3.15. The third-order valence-corrected chi connectivity index (χ3v) is 2.75. The zero-order valence-electron chi connectivity index (χ0n) is 8.38. The molecule has 5 heteroatoms. The van der Waals surface area contributed by atoms with Crippen LogP contribution in [0.15, 0.2) is 18.2 Å². The molecule has 0 unspecified atom stereocenters. The van der Waals surface area contributed by atoms with Crippen LogP contribution in [0.5, 0.6) is 0 Å². The maximum absolute atomic E-state index is 13.2. The third-order valence-electron chi connectivity index (χ3n) is 2.47. The quantitative estimate of drug-likeness (QED) is 0.608. The maximum Gasteiger partial charge on any atom is 0.156 e. The van der Waals surface area contributed by atoms with Crippen LogP contribution in [0.2, 0.25) is 5.15 Å². The van der Waals surface area contributed by atoms with E-state index in [1.54, 1.807) is 13.0 Å². The third kappa shape index (κ3) is 1.27. The van der Waals surface area contributed by atoms with Gasteiger partial charge in [0.2, 0.25) is 0 Å². The average molecular weight is 236 g/mol. The standard InChI is InChI=1S/C11H7ClFN3/c1-5-14-9-7-4-6(13)2-3-8(7)16-10(9)11(12)15-5/h2-4,16H,1H3. The van der Waals surface area contributed by atoms with Crippen molar-refractivity contribution in [3.8, 4) is 0 Å². The molecule has 0 amide bonds. The molecule has 0 saturated heterocycles. The summed E-state index contributed by atoms with van der Waals surface area (Å²) in [7, 11) is 0. The molecule has 3 rings (SSSR count). The van der Waals surface area contributed by atoms with Crippen LogP contribution in [0.25, 0.3) is 21.9 Å². The first kappa shape index (κ1) is 9.54. The number of hydrogen-bond donors (Lipinski definition) is 1. The van der Waals surface area contributed by atoms with Gasteiger partial charge in [-0.1, -0.05) is 11.6 Å². The van der Waals surface area contributed by atoms with E-state index in [4.69, 9.17) is 11.6 Å². The largest absolute Gasteiger partial charge is 0.351 e. The van der Waals surface area contributed by atoms with Gasteiger partial charge in [0.15, 0.2) is 5.15 Å². The van der Waals surface area contributed by atoms with E-state index in [9.17, 15) is 4.39 Å². The molecule has 0 bridgehead atoms. The number of nitrogens with one attached hydrogen (secondary N) is 1. The van der Waals surface area contributed by atoms with Gasteiger partial charge in [0, 0.05) is 10.9 Å². The highest BCUT2D eigenvalue weighted by molar-refractivity contribution is 6.34. The lowest BCUT2D eigenvalue weighted by Gasteiger charge is -1.95. The fourth-order valence-electron chi connectivity index (χ4n) is 1.80. The summed E-state index contributed by atoms with van der Waals surface area (Å²) in [5, 5.41) is 1.08. The van der Waals surface area contributed by atoms with Crippen LogP contribution in [-0.4, -0.2) is 15.0 Å². The highest BCUT2D eigenvalue weighted by atomic mass is 35.5. The van der Waals surface area contributed by atoms with Crippen LogP contribution in [0.4, 0.5) is 4.39 Å². The number of nitrogens with zero attached hydrogens (tertiary/aromatic N) is 2. The van der Waals surface area contributed by atoms with Gasteiger partial charge in [-0.2, -0.15) is 0 Å². The molecule has 0 aliphatic rings. The Morgan fingerprint density at radius 2 is 2.12 bits per heavy atom. The summed E-state index contributed by atoms with van der Waals surface area (Å²) in [6, 6.07) is 4.50. The van der Waals surface area contributed by atoms with Crippen LogP contribution in [0.3, 0.4) is 0 Å². The summed E-state index contributed by atoms with van der Waals surface area (Å²) in [6.07, 6.45) is 0. The van der Waals surface area contributed by atoms with E-state index >= 15 is 0 Å². The SMILES string of the molecule is Cc1nc(Cl)c2[nH]c3ccc(F)cc3c2n1. The highest BCUT2D eigenvalue weighted by Gasteiger charge is 2.10. The number of rotatable bonds is 0. The van der Waals surface area contributed by atoms with E-state index in [0.717, 1.165) is 10.9 Å². The first-order valence-electron chi connectivity index (χ1n) is 4.76. The molecule has 0 aliphatic carbocycles. The summed E-state index contributed by atoms with van der Waals surface area (Å²) >= 11 is 6.00. The second-order valence-electron chi connectivity index (χ2n) is 3.60. The van der Waals surface area contributed by atoms with Gasteiger partial charge in [0.05, 0.1) is 0 Å². The van der Waals surface area contributed by atoms with Gasteiger partial charge in [-0.3, -0.25) is 0 Å². The first-order valence-corrected chi connectivity index (χ1v) is 5.14. The van der Waals surface area contributed by atoms with E-state index in [2.05, 4.69) is 15.0 Å². The number of halogens is 2. The molecule has 2 heterocycles. The van der Waals surface area contributed by atoms with Gasteiger partial charge in [-0.15, -0.1) is 0 Å². The topological polar surface area (TPSA) is 41.6 Å². The number of hydrogen-bond acceptors (Lipinski definition) is 2. The number of aryl methyl sites for hydroxylation is 1. The van der Waals surface area contributed by atoms with Crippen LogP contribution in [0.1, 0.15) is 5.82 Å². The van der Waals surface area contributed by atoms with Crippen molar-refractivity contribution >= 4 is 33.5 Å². The molecule has 0 atom stereocenters. The van der Waals surface area contributed by atoms with Gasteiger partial charge in [-0.05, 0) is 25.1 Å². The van der Waals surface area contributed by atoms with Gasteiger partial charge in [-0.25, -0.2) is 14.4 Å². The predicted molar refractivity (Wildman–Crippen MR) is 61.1 cm³/mol. The molecule has 0 aliphatic heterocycles. The zero-order chi connectivity index (χ0) is 11.3. The number of fused-ring (bicyclic) bond motifs is 3. The monoisotopic (exact) mass is 235 g/mol. The average Bonchev–Trinajstić information content (AvgIpc) is 2.57. The predicted octanol–water partition coefficient (Wildman–Crippen LogP) is 3.21. The van der Waals surface area contributed by atoms with E-state index in [1.165, 1.54) is 12.1 Å². The Kier molecular flexibility index (Phi) is 1.88. The van der Waals surface area contributed by atoms with Gasteiger partial charge in [0.25, 0.3) is 0 Å². The van der Waals surface area contributed by atoms with Gasteiger partial charge in [0.1, 0.15) is 22.7 Å². The van der Waals surface area contributed by atoms with Crippen LogP contribution in [-0.2, 0) is 0 Å². The lowest BCUT2D eigenvalue weighted by Crippen LogP contribution is -1.88. The molecule has 3 aromatic rings. The van der Waals surface area contributed by atoms with Crippen molar-refractivity contribution in [2.24, 2.45) is 0 Å². The lowest BCUT2D eigenvalue weighted by atomic mass is 10.2. The summed E-state index contributed by atoms with van der Waals surface area (Å²) in [4.78, 5) is 11.4. The van der Waals surface area contributed by atoms with E-state index in [0.29, 0.717) is 22.0 Å². The van der Waals surface area contributed by atoms with Crippen molar-refractivity contribution in [1.82, 2.24) is 15.0 Å². The molecular formula is C11H7ClFN3. The number of aromatic nitrogens is 3. The second-order valence-corrected chi connectivity index (χ2v) is 3.96. The zero-order valence-corrected chi connectivity index (χ0v) is 9.14. The van der Waals surface area contributed by atoms with Gasteiger partial charge >= 0.3 is 0 Å². The minimum absolute atomic E-state index is 0.291. The fraction of sp³-hybridized carbons (Fsp3) is 0.0909. The molecule has 0 saturated carbocycles. The lowest BCUT2D eigenvalue weighted by molar-refractivity contribution is 0.630. The molecule has 0 spiro atoms. The van der Waals surface area contributed by atoms with Crippen molar-refractivity contribution in [2.45, 2.75) is 6.92 Å². The smallest absolute Gasteiger partial charge is 0.156 e. The first-order chi connectivity index (χ1) is 7.65. The van der Waals surface area contributed by atoms with E-state index in [1.807, 2.05) is 0 Å². The van der Waals surface area contributed by atoms with Crippen molar-refractivity contribution in [2.75, 3.05) is 0 Å². The molecular weight excluding hydrogens is 229 g/mol. The number of aromatic amines is 1. The molecule has 1 aromatic carbocycles. The fourth-order valence-corrected chi connectivity index (χ4v) is 2.06. The summed E-state index contributed by atoms with van der Waals surface area (Å²) < 4.78 is 13.2. The Morgan fingerprint density at radius 1 is 1.31 bits per heavy atom. The van der Waals surface area contributed by atoms with Crippen molar-refractivity contribution in [3.63, 3.8) is 0 Å². The van der Waals surface area contributed by atoms with Crippen molar-refractivity contribution in [3.05, 3.63) is 35.0 Å². The Morgan fingerprint density at radius 3 is 2.94 bits per heavy atom. The summed E-state index contributed by atoms with van der Waals surface area (Å²) in [6.45, 7) is 1.75. The molecule has 0 fully saturated rings. The molecule has 0 radical (unpaired) electrons. The summed E-state index contributed by atoms with van der Waals surface area (Å²) in [5.41, 5.74) is 2.11. The van der Waals surface area contributed by atoms with Crippen molar-refractivity contribution in [1.29, 1.82) is 0 Å². The van der Waals surface area contributed by atoms with E-state index < -0.39 is 0 Å². The Labute approximate surface area is 95.3 Å². The van der Waals surface area contributed by atoms with Gasteiger partial charge < -0.3 is 4.98 Å². The summed E-state index contributed by atoms with van der Waals surface area (Å²) in [5.74, 6) is 0.281. The Balaban J connectivity index is 2.57. The number of H-pyrrole nitrogens is 1. The Bertz CT molecular complexity index is 705. The highest BCUT2D eigenvalue weighted by Crippen LogP contribution is 2.28. The number of benzene rings is 1. The van der Waals surface area contributed by atoms with Crippen LogP contribution >= 0.6 is 11.6 Å². The molecule has 16 heavy (non-hydrogen) atoms. The van der Waals surface area contributed by atoms with Crippen LogP contribution < -0.4 is 0 Å². The normalized spacial score (nSPS) is 11.4. The maximum atomic E-state index is 13.2.